The number of carbonyl (C=O) groups is 2. The molecule has 0 unspecified atom stereocenters. The molecule has 0 saturated carbocycles. The summed E-state index contributed by atoms with van der Waals surface area (Å²) in [5, 5.41) is 21.7. The van der Waals surface area contributed by atoms with E-state index < -0.39 is 18.0 Å². The first-order valence-corrected chi connectivity index (χ1v) is 9.06. The number of nitrogens with zero attached hydrogens (tertiary/aromatic N) is 1. The lowest BCUT2D eigenvalue weighted by atomic mass is 9.76. The molecule has 1 spiro atoms. The molecule has 1 aromatic rings. The molecule has 2 aliphatic rings. The maximum atomic E-state index is 11.2. The summed E-state index contributed by atoms with van der Waals surface area (Å²) in [6.45, 7) is 2.71. The topological polar surface area (TPSA) is 99.1 Å². The summed E-state index contributed by atoms with van der Waals surface area (Å²) in [6, 6.07) is 4.75. The Labute approximate surface area is 156 Å². The number of hydrogen-bond acceptors (Lipinski definition) is 5. The van der Waals surface area contributed by atoms with Gasteiger partial charge in [0.15, 0.2) is 6.61 Å². The minimum Gasteiger partial charge on any atom is -0.482 e. The van der Waals surface area contributed by atoms with Gasteiger partial charge in [-0.25, -0.2) is 4.79 Å². The molecule has 2 fully saturated rings. The molecule has 7 nitrogen and oxygen atoms in total. The second-order valence-electron chi connectivity index (χ2n) is 7.19. The van der Waals surface area contributed by atoms with E-state index in [9.17, 15) is 14.7 Å². The van der Waals surface area contributed by atoms with Crippen LogP contribution in [0.25, 0.3) is 0 Å². The van der Waals surface area contributed by atoms with Crippen molar-refractivity contribution in [3.63, 3.8) is 0 Å². The van der Waals surface area contributed by atoms with Crippen LogP contribution in [0.15, 0.2) is 18.2 Å². The summed E-state index contributed by atoms with van der Waals surface area (Å²) in [6.07, 6.45) is 2.56. The predicted molar refractivity (Wildman–Crippen MR) is 95.6 cm³/mol. The van der Waals surface area contributed by atoms with E-state index in [1.54, 1.807) is 18.2 Å². The molecular formula is C18H23ClN2O5. The number of ether oxygens (including phenoxy) is 1. The third kappa shape index (κ3) is 4.47. The van der Waals surface area contributed by atoms with Crippen LogP contribution in [0.5, 0.6) is 5.75 Å². The fourth-order valence-corrected chi connectivity index (χ4v) is 4.05. The van der Waals surface area contributed by atoms with Gasteiger partial charge in [0.2, 0.25) is 0 Å². The molecule has 0 bridgehead atoms. The Bertz CT molecular complexity index is 688. The zero-order valence-electron chi connectivity index (χ0n) is 14.4. The molecule has 3 rings (SSSR count). The van der Waals surface area contributed by atoms with Gasteiger partial charge in [-0.05, 0) is 56.0 Å². The summed E-state index contributed by atoms with van der Waals surface area (Å²) >= 11 is 6.09. The van der Waals surface area contributed by atoms with Crippen molar-refractivity contribution >= 4 is 23.5 Å². The van der Waals surface area contributed by atoms with Crippen molar-refractivity contribution in [1.29, 1.82) is 0 Å². The highest BCUT2D eigenvalue weighted by Crippen LogP contribution is 2.40. The van der Waals surface area contributed by atoms with Gasteiger partial charge >= 0.3 is 11.9 Å². The molecular weight excluding hydrogens is 360 g/mol. The number of carboxylic acids is 2. The van der Waals surface area contributed by atoms with Crippen LogP contribution in [0.4, 0.5) is 0 Å². The fourth-order valence-electron chi connectivity index (χ4n) is 3.85. The molecule has 0 aliphatic carbocycles. The Balaban J connectivity index is 1.60. The Kier molecular flexibility index (Phi) is 5.70. The molecule has 2 heterocycles. The fraction of sp³-hybridized carbons (Fsp3) is 0.556. The van der Waals surface area contributed by atoms with E-state index in [4.69, 9.17) is 21.4 Å². The van der Waals surface area contributed by atoms with Gasteiger partial charge < -0.3 is 20.3 Å². The smallest absolute Gasteiger partial charge is 0.341 e. The van der Waals surface area contributed by atoms with Crippen LogP contribution in [0.1, 0.15) is 24.8 Å². The molecule has 1 aromatic carbocycles. The molecule has 26 heavy (non-hydrogen) atoms. The number of halogens is 1. The molecule has 0 amide bonds. The molecule has 8 heteroatoms. The van der Waals surface area contributed by atoms with Crippen LogP contribution in [0.3, 0.4) is 0 Å². The average molecular weight is 383 g/mol. The monoisotopic (exact) mass is 382 g/mol. The molecule has 3 N–H and O–H groups in total. The van der Waals surface area contributed by atoms with Gasteiger partial charge in [-0.2, -0.15) is 0 Å². The van der Waals surface area contributed by atoms with E-state index in [-0.39, 0.29) is 12.0 Å². The van der Waals surface area contributed by atoms with Gasteiger partial charge in [0, 0.05) is 23.7 Å². The maximum absolute atomic E-state index is 11.2. The van der Waals surface area contributed by atoms with Gasteiger partial charge in [-0.3, -0.25) is 9.69 Å². The van der Waals surface area contributed by atoms with E-state index in [2.05, 4.69) is 10.2 Å². The van der Waals surface area contributed by atoms with Crippen molar-refractivity contribution in [3.05, 3.63) is 28.8 Å². The molecule has 2 aliphatic heterocycles. The van der Waals surface area contributed by atoms with Crippen molar-refractivity contribution in [2.45, 2.75) is 31.8 Å². The second-order valence-corrected chi connectivity index (χ2v) is 7.62. The first-order valence-electron chi connectivity index (χ1n) is 8.68. The standard InChI is InChI=1S/C18H23ClN2O5/c19-13-1-2-15(26-10-16(22)23)12(7-13)9-21-5-3-18(4-6-21)8-14(17(24)25)20-11-18/h1-2,7,14,20H,3-6,8-11H2,(H,22,23)(H,24,25)/t14-/m1/s1. The number of aliphatic carboxylic acids is 2. The Morgan fingerprint density at radius 3 is 2.65 bits per heavy atom. The van der Waals surface area contributed by atoms with Crippen LogP contribution in [0, 0.1) is 5.41 Å². The highest BCUT2D eigenvalue weighted by molar-refractivity contribution is 6.30. The average Bonchev–Trinajstić information content (AvgIpc) is 3.01. The highest BCUT2D eigenvalue weighted by atomic mass is 35.5. The van der Waals surface area contributed by atoms with Crippen molar-refractivity contribution in [3.8, 4) is 5.75 Å². The first kappa shape index (κ1) is 18.9. The summed E-state index contributed by atoms with van der Waals surface area (Å²) in [5.74, 6) is -1.26. The third-order valence-electron chi connectivity index (χ3n) is 5.34. The predicted octanol–water partition coefficient (Wildman–Crippen LogP) is 1.83. The summed E-state index contributed by atoms with van der Waals surface area (Å²) < 4.78 is 5.37. The Hall–Kier alpha value is -1.83. The van der Waals surface area contributed by atoms with E-state index >= 15 is 0 Å². The summed E-state index contributed by atoms with van der Waals surface area (Å²) in [4.78, 5) is 24.2. The number of rotatable bonds is 6. The van der Waals surface area contributed by atoms with Crippen LogP contribution >= 0.6 is 11.6 Å². The first-order chi connectivity index (χ1) is 12.4. The van der Waals surface area contributed by atoms with E-state index in [1.165, 1.54) is 0 Å². The van der Waals surface area contributed by atoms with Crippen molar-refractivity contribution < 1.29 is 24.5 Å². The van der Waals surface area contributed by atoms with Crippen LogP contribution < -0.4 is 10.1 Å². The summed E-state index contributed by atoms with van der Waals surface area (Å²) in [5.41, 5.74) is 0.930. The van der Waals surface area contributed by atoms with E-state index in [0.29, 0.717) is 23.7 Å². The lowest BCUT2D eigenvalue weighted by Crippen LogP contribution is -2.40. The number of carboxylic acid groups (broad SMARTS) is 2. The quantitative estimate of drug-likeness (QED) is 0.690. The molecule has 2 saturated heterocycles. The lowest BCUT2D eigenvalue weighted by Gasteiger charge is -2.39. The zero-order chi connectivity index (χ0) is 18.7. The number of hydrogen-bond donors (Lipinski definition) is 3. The van der Waals surface area contributed by atoms with E-state index in [0.717, 1.165) is 38.0 Å². The van der Waals surface area contributed by atoms with Crippen molar-refractivity contribution in [2.24, 2.45) is 5.41 Å². The molecule has 0 aromatic heterocycles. The second kappa shape index (κ2) is 7.82. The highest BCUT2D eigenvalue weighted by Gasteiger charge is 2.43. The zero-order valence-corrected chi connectivity index (χ0v) is 15.2. The van der Waals surface area contributed by atoms with Crippen molar-refractivity contribution in [2.75, 3.05) is 26.2 Å². The Morgan fingerprint density at radius 2 is 2.04 bits per heavy atom. The maximum Gasteiger partial charge on any atom is 0.341 e. The Morgan fingerprint density at radius 1 is 1.31 bits per heavy atom. The normalized spacial score (nSPS) is 22.4. The van der Waals surface area contributed by atoms with E-state index in [1.807, 2.05) is 0 Å². The lowest BCUT2D eigenvalue weighted by molar-refractivity contribution is -0.140. The third-order valence-corrected chi connectivity index (χ3v) is 5.58. The molecule has 0 radical (unpaired) electrons. The van der Waals surface area contributed by atoms with Crippen LogP contribution in [-0.2, 0) is 16.1 Å². The summed E-state index contributed by atoms with van der Waals surface area (Å²) in [7, 11) is 0. The SMILES string of the molecule is O=C(O)COc1ccc(Cl)cc1CN1CCC2(CC1)CN[C@@H](C(=O)O)C2. The number of piperidine rings is 1. The number of benzene rings is 1. The van der Waals surface area contributed by atoms with Gasteiger partial charge in [-0.15, -0.1) is 0 Å². The number of nitrogens with one attached hydrogen (secondary N) is 1. The minimum atomic E-state index is -1.02. The van der Waals surface area contributed by atoms with Gasteiger partial charge in [-0.1, -0.05) is 11.6 Å². The minimum absolute atomic E-state index is 0.0660. The van der Waals surface area contributed by atoms with Gasteiger partial charge in [0.05, 0.1) is 0 Å². The largest absolute Gasteiger partial charge is 0.482 e. The van der Waals surface area contributed by atoms with Crippen LogP contribution in [0.2, 0.25) is 5.02 Å². The van der Waals surface area contributed by atoms with Gasteiger partial charge in [0.1, 0.15) is 11.8 Å². The van der Waals surface area contributed by atoms with Crippen molar-refractivity contribution in [1.82, 2.24) is 10.2 Å². The number of likely N-dealkylation sites (tertiary alicyclic amines) is 1. The molecule has 142 valence electrons. The molecule has 1 atom stereocenters. The van der Waals surface area contributed by atoms with Gasteiger partial charge in [0.25, 0.3) is 0 Å². The van der Waals surface area contributed by atoms with Crippen LogP contribution in [-0.4, -0.2) is 59.3 Å².